The number of nitrogens with one attached hydrogen (secondary N) is 2. The van der Waals surface area contributed by atoms with Crippen LogP contribution in [0.3, 0.4) is 0 Å². The molecule has 0 atom stereocenters. The van der Waals surface area contributed by atoms with Crippen LogP contribution in [0.4, 0.5) is 10.1 Å². The molecular weight excluding hydrogens is 426 g/mol. The number of rotatable bonds is 2. The summed E-state index contributed by atoms with van der Waals surface area (Å²) in [5, 5.41) is 5.41. The Morgan fingerprint density at radius 3 is 2.67 bits per heavy atom. The molecule has 0 bridgehead atoms. The lowest BCUT2D eigenvalue weighted by Crippen LogP contribution is -2.34. The van der Waals surface area contributed by atoms with Gasteiger partial charge >= 0.3 is 0 Å². The monoisotopic (exact) mass is 434 g/mol. The van der Waals surface area contributed by atoms with Crippen LogP contribution >= 0.6 is 46.4 Å². The highest BCUT2D eigenvalue weighted by atomic mass is 127. The van der Waals surface area contributed by atoms with Crippen molar-refractivity contribution in [1.82, 2.24) is 5.32 Å². The number of hydrogen-bond acceptors (Lipinski definition) is 2. The first-order valence-corrected chi connectivity index (χ1v) is 7.65. The summed E-state index contributed by atoms with van der Waals surface area (Å²) in [6.07, 6.45) is 0. The number of thiocarbonyl (C=S) groups is 1. The number of carbonyl (C=O) groups excluding carboxylic acids is 1. The zero-order valence-electron chi connectivity index (χ0n) is 10.5. The molecular formula is C14H9ClFIN2OS. The van der Waals surface area contributed by atoms with Gasteiger partial charge in [0.2, 0.25) is 0 Å². The Balaban J connectivity index is 2.01. The molecule has 108 valence electrons. The zero-order valence-corrected chi connectivity index (χ0v) is 14.2. The second kappa shape index (κ2) is 7.15. The van der Waals surface area contributed by atoms with Crippen molar-refractivity contribution in [3.8, 4) is 0 Å². The van der Waals surface area contributed by atoms with E-state index in [4.69, 9.17) is 23.8 Å². The third-order valence-corrected chi connectivity index (χ3v) is 3.66. The highest BCUT2D eigenvalue weighted by Gasteiger charge is 2.09. The van der Waals surface area contributed by atoms with Crippen LogP contribution < -0.4 is 10.6 Å². The van der Waals surface area contributed by atoms with Crippen molar-refractivity contribution in [2.75, 3.05) is 5.32 Å². The van der Waals surface area contributed by atoms with E-state index < -0.39 is 5.82 Å². The Labute approximate surface area is 145 Å². The van der Waals surface area contributed by atoms with Gasteiger partial charge in [0.25, 0.3) is 5.91 Å². The van der Waals surface area contributed by atoms with Crippen molar-refractivity contribution in [3.05, 3.63) is 62.4 Å². The molecule has 0 aliphatic heterocycles. The van der Waals surface area contributed by atoms with Gasteiger partial charge in [-0.3, -0.25) is 10.1 Å². The molecule has 0 radical (unpaired) electrons. The van der Waals surface area contributed by atoms with Crippen LogP contribution in [-0.2, 0) is 0 Å². The van der Waals surface area contributed by atoms with Crippen molar-refractivity contribution in [2.45, 2.75) is 0 Å². The van der Waals surface area contributed by atoms with Gasteiger partial charge in [-0.2, -0.15) is 0 Å². The molecule has 0 aliphatic rings. The molecule has 0 spiro atoms. The van der Waals surface area contributed by atoms with Gasteiger partial charge in [-0.1, -0.05) is 17.7 Å². The van der Waals surface area contributed by atoms with Crippen LogP contribution in [0.25, 0.3) is 0 Å². The number of halogens is 3. The third kappa shape index (κ3) is 4.62. The number of carbonyl (C=O) groups is 1. The molecule has 2 rings (SSSR count). The summed E-state index contributed by atoms with van der Waals surface area (Å²) < 4.78 is 14.0. The summed E-state index contributed by atoms with van der Waals surface area (Å²) in [7, 11) is 0. The van der Waals surface area contributed by atoms with Crippen molar-refractivity contribution < 1.29 is 9.18 Å². The van der Waals surface area contributed by atoms with Gasteiger partial charge in [-0.25, -0.2) is 4.39 Å². The maximum absolute atomic E-state index is 13.0. The lowest BCUT2D eigenvalue weighted by Gasteiger charge is -2.10. The first-order chi connectivity index (χ1) is 9.95. The van der Waals surface area contributed by atoms with E-state index in [1.54, 1.807) is 18.2 Å². The van der Waals surface area contributed by atoms with Crippen molar-refractivity contribution in [3.63, 3.8) is 0 Å². The smallest absolute Gasteiger partial charge is 0.257 e. The van der Waals surface area contributed by atoms with Gasteiger partial charge in [0, 0.05) is 14.8 Å². The molecule has 0 heterocycles. The van der Waals surface area contributed by atoms with E-state index in [9.17, 15) is 9.18 Å². The Bertz CT molecular complexity index is 711. The third-order valence-electron chi connectivity index (χ3n) is 2.49. The van der Waals surface area contributed by atoms with Crippen LogP contribution in [0.15, 0.2) is 42.5 Å². The molecule has 0 fully saturated rings. The molecule has 3 nitrogen and oxygen atoms in total. The maximum atomic E-state index is 13.0. The van der Waals surface area contributed by atoms with Gasteiger partial charge in [0.15, 0.2) is 5.11 Å². The molecule has 21 heavy (non-hydrogen) atoms. The van der Waals surface area contributed by atoms with E-state index in [0.29, 0.717) is 11.3 Å². The summed E-state index contributed by atoms with van der Waals surface area (Å²) >= 11 is 12.8. The van der Waals surface area contributed by atoms with Gasteiger partial charge in [0.05, 0.1) is 5.02 Å². The highest BCUT2D eigenvalue weighted by Crippen LogP contribution is 2.19. The van der Waals surface area contributed by atoms with E-state index in [1.165, 1.54) is 18.2 Å². The maximum Gasteiger partial charge on any atom is 0.257 e. The first kappa shape index (κ1) is 16.1. The van der Waals surface area contributed by atoms with Gasteiger partial charge in [0.1, 0.15) is 5.82 Å². The normalized spacial score (nSPS) is 10.0. The van der Waals surface area contributed by atoms with Crippen LogP contribution in [0.1, 0.15) is 10.4 Å². The number of amides is 1. The van der Waals surface area contributed by atoms with Gasteiger partial charge in [-0.15, -0.1) is 0 Å². The number of benzene rings is 2. The van der Waals surface area contributed by atoms with Crippen LogP contribution in [-0.4, -0.2) is 11.0 Å². The summed E-state index contributed by atoms with van der Waals surface area (Å²) in [5.74, 6) is -0.838. The number of hydrogen-bond donors (Lipinski definition) is 2. The van der Waals surface area contributed by atoms with Crippen molar-refractivity contribution in [2.24, 2.45) is 0 Å². The molecule has 2 N–H and O–H groups in total. The fraction of sp³-hybridized carbons (Fsp3) is 0. The SMILES string of the molecule is O=C(NC(=S)Nc1ccc(F)c(Cl)c1)c1cccc(I)c1. The zero-order chi connectivity index (χ0) is 15.4. The second-order valence-corrected chi connectivity index (χ2v) is 6.11. The molecule has 1 amide bonds. The van der Waals surface area contributed by atoms with E-state index >= 15 is 0 Å². The summed E-state index contributed by atoms with van der Waals surface area (Å²) in [4.78, 5) is 12.0. The standard InChI is InChI=1S/C14H9ClFIN2OS/c15-11-7-10(4-5-12(11)16)18-14(21)19-13(20)8-2-1-3-9(17)6-8/h1-7H,(H2,18,19,20,21). The fourth-order valence-electron chi connectivity index (χ4n) is 1.54. The average Bonchev–Trinajstić information content (AvgIpc) is 2.43. The van der Waals surface area contributed by atoms with Crippen LogP contribution in [0.2, 0.25) is 5.02 Å². The Morgan fingerprint density at radius 1 is 1.24 bits per heavy atom. The average molecular weight is 435 g/mol. The van der Waals surface area contributed by atoms with Gasteiger partial charge < -0.3 is 5.32 Å². The fourth-order valence-corrected chi connectivity index (χ4v) is 2.48. The molecule has 0 unspecified atom stereocenters. The van der Waals surface area contributed by atoms with Crippen molar-refractivity contribution >= 4 is 63.1 Å². The van der Waals surface area contributed by atoms with E-state index in [0.717, 1.165) is 3.57 Å². The Kier molecular flexibility index (Phi) is 5.49. The highest BCUT2D eigenvalue weighted by molar-refractivity contribution is 14.1. The molecule has 2 aromatic rings. The molecule has 2 aromatic carbocycles. The van der Waals surface area contributed by atoms with E-state index in [-0.39, 0.29) is 16.0 Å². The Morgan fingerprint density at radius 2 is 2.00 bits per heavy atom. The Hall–Kier alpha value is -1.25. The predicted octanol–water partition coefficient (Wildman–Crippen LogP) is 4.21. The molecule has 0 aromatic heterocycles. The topological polar surface area (TPSA) is 41.1 Å². The first-order valence-electron chi connectivity index (χ1n) is 5.78. The van der Waals surface area contributed by atoms with Gasteiger partial charge in [-0.05, 0) is 71.2 Å². The number of anilines is 1. The minimum absolute atomic E-state index is 0.0215. The minimum atomic E-state index is -0.518. The van der Waals surface area contributed by atoms with E-state index in [1.807, 2.05) is 6.07 Å². The minimum Gasteiger partial charge on any atom is -0.332 e. The largest absolute Gasteiger partial charge is 0.332 e. The lowest BCUT2D eigenvalue weighted by molar-refractivity contribution is 0.0977. The summed E-state index contributed by atoms with van der Waals surface area (Å²) in [6, 6.07) is 11.2. The van der Waals surface area contributed by atoms with Crippen LogP contribution in [0, 0.1) is 9.39 Å². The lowest BCUT2D eigenvalue weighted by atomic mass is 10.2. The van der Waals surface area contributed by atoms with Crippen LogP contribution in [0.5, 0.6) is 0 Å². The molecule has 0 saturated heterocycles. The van der Waals surface area contributed by atoms with Crippen molar-refractivity contribution in [1.29, 1.82) is 0 Å². The predicted molar refractivity (Wildman–Crippen MR) is 94.3 cm³/mol. The van der Waals surface area contributed by atoms with E-state index in [2.05, 4.69) is 33.2 Å². The molecule has 0 aliphatic carbocycles. The molecule has 7 heteroatoms. The summed E-state index contributed by atoms with van der Waals surface area (Å²) in [5.41, 5.74) is 0.998. The quantitative estimate of drug-likeness (QED) is 0.550. The summed E-state index contributed by atoms with van der Waals surface area (Å²) in [6.45, 7) is 0. The molecule has 0 saturated carbocycles. The second-order valence-electron chi connectivity index (χ2n) is 4.05.